The molecule has 0 atom stereocenters. The first kappa shape index (κ1) is 17.0. The Morgan fingerprint density at radius 1 is 1.48 bits per heavy atom. The zero-order valence-corrected chi connectivity index (χ0v) is 13.0. The topological polar surface area (TPSA) is 99.4 Å². The number of amides is 1. The summed E-state index contributed by atoms with van der Waals surface area (Å²) in [6.07, 6.45) is 0.221. The van der Waals surface area contributed by atoms with Crippen LogP contribution < -0.4 is 10.1 Å². The van der Waals surface area contributed by atoms with Crippen LogP contribution in [0.15, 0.2) is 6.07 Å². The third-order valence-corrected chi connectivity index (χ3v) is 4.08. The average molecular weight is 310 g/mol. The maximum absolute atomic E-state index is 11.5. The van der Waals surface area contributed by atoms with Gasteiger partial charge in [-0.15, -0.1) is 11.3 Å². The SMILES string of the molecule is CC(C)(C)c1cc(OCC(=O)NCCC#N)c(C(=O)O)s1. The van der Waals surface area contributed by atoms with Gasteiger partial charge in [0.1, 0.15) is 5.75 Å². The van der Waals surface area contributed by atoms with E-state index in [-0.39, 0.29) is 41.5 Å². The number of carbonyl (C=O) groups is 2. The lowest BCUT2D eigenvalue weighted by atomic mass is 9.95. The smallest absolute Gasteiger partial charge is 0.349 e. The molecule has 0 bridgehead atoms. The van der Waals surface area contributed by atoms with Gasteiger partial charge in [-0.25, -0.2) is 4.79 Å². The highest BCUT2D eigenvalue weighted by Gasteiger charge is 2.24. The van der Waals surface area contributed by atoms with Crippen molar-refractivity contribution in [1.29, 1.82) is 5.26 Å². The summed E-state index contributed by atoms with van der Waals surface area (Å²) >= 11 is 1.15. The Bertz CT molecular complexity index is 567. The Balaban J connectivity index is 2.74. The summed E-state index contributed by atoms with van der Waals surface area (Å²) < 4.78 is 5.30. The van der Waals surface area contributed by atoms with E-state index in [9.17, 15) is 14.7 Å². The van der Waals surface area contributed by atoms with E-state index in [0.29, 0.717) is 0 Å². The molecule has 1 rings (SSSR count). The van der Waals surface area contributed by atoms with Crippen molar-refractivity contribution in [3.05, 3.63) is 15.8 Å². The van der Waals surface area contributed by atoms with Crippen molar-refractivity contribution in [3.63, 3.8) is 0 Å². The van der Waals surface area contributed by atoms with Crippen molar-refractivity contribution < 1.29 is 19.4 Å². The van der Waals surface area contributed by atoms with Crippen LogP contribution >= 0.6 is 11.3 Å². The minimum atomic E-state index is -1.07. The lowest BCUT2D eigenvalue weighted by molar-refractivity contribution is -0.123. The summed E-state index contributed by atoms with van der Waals surface area (Å²) in [7, 11) is 0. The number of carboxylic acids is 1. The average Bonchev–Trinajstić information content (AvgIpc) is 2.81. The van der Waals surface area contributed by atoms with E-state index in [1.807, 2.05) is 26.8 Å². The molecular weight excluding hydrogens is 292 g/mol. The summed E-state index contributed by atoms with van der Waals surface area (Å²) in [5.41, 5.74) is -0.189. The molecule has 7 heteroatoms. The molecule has 0 aliphatic rings. The third kappa shape index (κ3) is 5.08. The molecule has 1 amide bonds. The van der Waals surface area contributed by atoms with Crippen molar-refractivity contribution in [2.75, 3.05) is 13.2 Å². The van der Waals surface area contributed by atoms with E-state index < -0.39 is 5.97 Å². The number of carboxylic acid groups (broad SMARTS) is 1. The first-order valence-electron chi connectivity index (χ1n) is 6.39. The number of aromatic carboxylic acids is 1. The second-order valence-electron chi connectivity index (χ2n) is 5.41. The van der Waals surface area contributed by atoms with Gasteiger partial charge in [-0.05, 0) is 11.5 Å². The molecule has 114 valence electrons. The molecule has 0 aliphatic heterocycles. The van der Waals surface area contributed by atoms with Crippen molar-refractivity contribution in [2.24, 2.45) is 0 Å². The fourth-order valence-corrected chi connectivity index (χ4v) is 2.45. The van der Waals surface area contributed by atoms with Crippen molar-refractivity contribution in [1.82, 2.24) is 5.32 Å². The summed E-state index contributed by atoms with van der Waals surface area (Å²) in [6.45, 7) is 5.90. The fourth-order valence-electron chi connectivity index (χ4n) is 1.45. The van der Waals surface area contributed by atoms with E-state index >= 15 is 0 Å². The Morgan fingerprint density at radius 2 is 2.14 bits per heavy atom. The first-order valence-corrected chi connectivity index (χ1v) is 7.21. The predicted octanol–water partition coefficient (Wildman–Crippen LogP) is 2.15. The van der Waals surface area contributed by atoms with Crippen LogP contribution in [0.25, 0.3) is 0 Å². The normalized spacial score (nSPS) is 10.8. The minimum Gasteiger partial charge on any atom is -0.482 e. The second-order valence-corrected chi connectivity index (χ2v) is 6.46. The van der Waals surface area contributed by atoms with Gasteiger partial charge in [-0.1, -0.05) is 20.8 Å². The van der Waals surface area contributed by atoms with Gasteiger partial charge >= 0.3 is 5.97 Å². The van der Waals surface area contributed by atoms with Gasteiger partial charge in [0.2, 0.25) is 0 Å². The quantitative estimate of drug-likeness (QED) is 0.784. The molecule has 1 aromatic rings. The monoisotopic (exact) mass is 310 g/mol. The summed E-state index contributed by atoms with van der Waals surface area (Å²) in [4.78, 5) is 23.7. The fraction of sp³-hybridized carbons (Fsp3) is 0.500. The molecule has 0 aromatic carbocycles. The van der Waals surface area contributed by atoms with Gasteiger partial charge in [-0.3, -0.25) is 4.79 Å². The van der Waals surface area contributed by atoms with Crippen LogP contribution in [0.1, 0.15) is 41.7 Å². The van der Waals surface area contributed by atoms with E-state index in [2.05, 4.69) is 5.32 Å². The van der Waals surface area contributed by atoms with Crippen LogP contribution in [-0.4, -0.2) is 30.1 Å². The van der Waals surface area contributed by atoms with Gasteiger partial charge in [-0.2, -0.15) is 5.26 Å². The molecule has 0 aliphatic carbocycles. The molecule has 1 aromatic heterocycles. The molecule has 0 saturated heterocycles. The van der Waals surface area contributed by atoms with Crippen molar-refractivity contribution in [3.8, 4) is 11.8 Å². The molecule has 0 spiro atoms. The summed E-state index contributed by atoms with van der Waals surface area (Å²) in [5.74, 6) is -1.26. The van der Waals surface area contributed by atoms with Gasteiger partial charge in [0.05, 0.1) is 12.5 Å². The van der Waals surface area contributed by atoms with Crippen LogP contribution in [-0.2, 0) is 10.2 Å². The molecule has 6 nitrogen and oxygen atoms in total. The Morgan fingerprint density at radius 3 is 2.67 bits per heavy atom. The summed E-state index contributed by atoms with van der Waals surface area (Å²) in [6, 6.07) is 3.57. The highest BCUT2D eigenvalue weighted by Crippen LogP contribution is 2.36. The molecule has 1 heterocycles. The van der Waals surface area contributed by atoms with Gasteiger partial charge in [0, 0.05) is 11.4 Å². The minimum absolute atomic E-state index is 0.0877. The lowest BCUT2D eigenvalue weighted by Crippen LogP contribution is -2.29. The molecule has 21 heavy (non-hydrogen) atoms. The number of ether oxygens (including phenoxy) is 1. The number of nitriles is 1. The largest absolute Gasteiger partial charge is 0.482 e. The Hall–Kier alpha value is -2.07. The van der Waals surface area contributed by atoms with E-state index in [4.69, 9.17) is 10.00 Å². The predicted molar refractivity (Wildman–Crippen MR) is 78.7 cm³/mol. The number of thiophene rings is 1. The maximum atomic E-state index is 11.5. The highest BCUT2D eigenvalue weighted by molar-refractivity contribution is 7.14. The highest BCUT2D eigenvalue weighted by atomic mass is 32.1. The standard InChI is InChI=1S/C14H18N2O4S/c1-14(2,3)10-7-9(12(21-10)13(18)19)20-8-11(17)16-6-4-5-15/h7H,4,6,8H2,1-3H3,(H,16,17)(H,18,19). The zero-order valence-electron chi connectivity index (χ0n) is 12.2. The van der Waals surface area contributed by atoms with Crippen LogP contribution in [0.4, 0.5) is 0 Å². The van der Waals surface area contributed by atoms with E-state index in [1.165, 1.54) is 0 Å². The number of hydrogen-bond acceptors (Lipinski definition) is 5. The van der Waals surface area contributed by atoms with Gasteiger partial charge < -0.3 is 15.2 Å². The maximum Gasteiger partial charge on any atom is 0.349 e. The Kier molecular flexibility index (Phi) is 5.73. The number of rotatable bonds is 6. The van der Waals surface area contributed by atoms with Gasteiger partial charge in [0.15, 0.2) is 11.5 Å². The van der Waals surface area contributed by atoms with Crippen molar-refractivity contribution >= 4 is 23.2 Å². The lowest BCUT2D eigenvalue weighted by Gasteiger charge is -2.14. The first-order chi connectivity index (χ1) is 9.75. The van der Waals surface area contributed by atoms with Crippen molar-refractivity contribution in [2.45, 2.75) is 32.6 Å². The molecule has 0 unspecified atom stereocenters. The second kappa shape index (κ2) is 7.09. The van der Waals surface area contributed by atoms with Crippen LogP contribution in [0, 0.1) is 11.3 Å². The van der Waals surface area contributed by atoms with E-state index in [0.717, 1.165) is 16.2 Å². The number of carbonyl (C=O) groups excluding carboxylic acids is 1. The van der Waals surface area contributed by atoms with Gasteiger partial charge in [0.25, 0.3) is 5.91 Å². The molecule has 0 radical (unpaired) electrons. The number of nitrogens with zero attached hydrogens (tertiary/aromatic N) is 1. The van der Waals surface area contributed by atoms with E-state index in [1.54, 1.807) is 6.07 Å². The molecular formula is C14H18N2O4S. The molecule has 0 saturated carbocycles. The third-order valence-electron chi connectivity index (χ3n) is 2.55. The Labute approximate surface area is 127 Å². The molecule has 0 fully saturated rings. The van der Waals surface area contributed by atoms with Crippen LogP contribution in [0.3, 0.4) is 0 Å². The van der Waals surface area contributed by atoms with Crippen LogP contribution in [0.2, 0.25) is 0 Å². The van der Waals surface area contributed by atoms with Crippen LogP contribution in [0.5, 0.6) is 5.75 Å². The number of hydrogen-bond donors (Lipinski definition) is 2. The number of nitrogens with one attached hydrogen (secondary N) is 1. The molecule has 2 N–H and O–H groups in total. The zero-order chi connectivity index (χ0) is 16.0. The summed E-state index contributed by atoms with van der Waals surface area (Å²) in [5, 5.41) is 20.1.